The van der Waals surface area contributed by atoms with Crippen molar-refractivity contribution in [3.05, 3.63) is 18.0 Å². The van der Waals surface area contributed by atoms with Crippen molar-refractivity contribution < 1.29 is 0 Å². The lowest BCUT2D eigenvalue weighted by Crippen LogP contribution is -2.36. The van der Waals surface area contributed by atoms with Crippen molar-refractivity contribution in [3.8, 4) is 0 Å². The number of rotatable bonds is 3. The smallest absolute Gasteiger partial charge is 0.166 e. The van der Waals surface area contributed by atoms with Crippen molar-refractivity contribution in [2.75, 3.05) is 6.54 Å². The number of hydrogen-bond acceptors (Lipinski definition) is 2. The zero-order valence-corrected chi connectivity index (χ0v) is 8.61. The van der Waals surface area contributed by atoms with Crippen LogP contribution in [0.1, 0.15) is 25.5 Å². The fourth-order valence-corrected chi connectivity index (χ4v) is 1.31. The first-order chi connectivity index (χ1) is 6.24. The predicted molar refractivity (Wildman–Crippen MR) is 56.4 cm³/mol. The third kappa shape index (κ3) is 3.02. The van der Waals surface area contributed by atoms with Gasteiger partial charge in [0.15, 0.2) is 5.11 Å². The van der Waals surface area contributed by atoms with Crippen LogP contribution in [0.4, 0.5) is 0 Å². The van der Waals surface area contributed by atoms with E-state index in [1.54, 1.807) is 6.20 Å². The molecule has 0 aliphatic rings. The molecule has 1 aromatic heterocycles. The first-order valence-electron chi connectivity index (χ1n) is 4.27. The second-order valence-corrected chi connectivity index (χ2v) is 3.17. The molecule has 0 saturated heterocycles. The van der Waals surface area contributed by atoms with Gasteiger partial charge in [-0.05, 0) is 26.1 Å². The fourth-order valence-electron chi connectivity index (χ4n) is 0.989. The number of thiocarbonyl (C=S) groups is 1. The third-order valence-electron chi connectivity index (χ3n) is 1.70. The van der Waals surface area contributed by atoms with E-state index >= 15 is 0 Å². The molecule has 0 aliphatic heterocycles. The monoisotopic (exact) mass is 198 g/mol. The quantitative estimate of drug-likeness (QED) is 0.633. The second kappa shape index (κ2) is 4.81. The third-order valence-corrected chi connectivity index (χ3v) is 1.97. The van der Waals surface area contributed by atoms with Gasteiger partial charge < -0.3 is 10.6 Å². The van der Waals surface area contributed by atoms with E-state index in [2.05, 4.69) is 20.8 Å². The molecule has 5 heteroatoms. The summed E-state index contributed by atoms with van der Waals surface area (Å²) in [5.74, 6) is 0. The number of nitrogens with one attached hydrogen (secondary N) is 3. The number of H-pyrrole nitrogens is 1. The highest BCUT2D eigenvalue weighted by Crippen LogP contribution is 2.08. The van der Waals surface area contributed by atoms with Crippen molar-refractivity contribution >= 4 is 17.3 Å². The molecule has 1 unspecified atom stereocenters. The first kappa shape index (κ1) is 9.98. The fraction of sp³-hybridized carbons (Fsp3) is 0.500. The molecule has 1 aromatic rings. The van der Waals surface area contributed by atoms with Crippen LogP contribution in [0.15, 0.2) is 12.4 Å². The maximum Gasteiger partial charge on any atom is 0.166 e. The molecule has 0 bridgehead atoms. The van der Waals surface area contributed by atoms with E-state index in [9.17, 15) is 0 Å². The maximum atomic E-state index is 5.05. The van der Waals surface area contributed by atoms with E-state index < -0.39 is 0 Å². The van der Waals surface area contributed by atoms with Crippen LogP contribution in [0, 0.1) is 0 Å². The molecule has 4 nitrogen and oxygen atoms in total. The summed E-state index contributed by atoms with van der Waals surface area (Å²) in [6.07, 6.45) is 3.64. The summed E-state index contributed by atoms with van der Waals surface area (Å²) in [6.45, 7) is 4.88. The Kier molecular flexibility index (Phi) is 3.70. The van der Waals surface area contributed by atoms with Crippen molar-refractivity contribution in [1.82, 2.24) is 20.8 Å². The zero-order chi connectivity index (χ0) is 9.68. The Morgan fingerprint density at radius 3 is 3.08 bits per heavy atom. The van der Waals surface area contributed by atoms with Crippen LogP contribution in [0.2, 0.25) is 0 Å². The maximum absolute atomic E-state index is 5.05. The summed E-state index contributed by atoms with van der Waals surface area (Å²) >= 11 is 5.05. The van der Waals surface area contributed by atoms with Crippen LogP contribution in [0.25, 0.3) is 0 Å². The molecule has 13 heavy (non-hydrogen) atoms. The number of aromatic nitrogens is 2. The lowest BCUT2D eigenvalue weighted by atomic mass is 10.2. The summed E-state index contributed by atoms with van der Waals surface area (Å²) < 4.78 is 0. The minimum Gasteiger partial charge on any atom is -0.363 e. The van der Waals surface area contributed by atoms with E-state index in [4.69, 9.17) is 12.2 Å². The van der Waals surface area contributed by atoms with Gasteiger partial charge in [-0.1, -0.05) is 0 Å². The average molecular weight is 198 g/mol. The molecule has 0 radical (unpaired) electrons. The van der Waals surface area contributed by atoms with Crippen LogP contribution in [0.3, 0.4) is 0 Å². The molecule has 1 heterocycles. The van der Waals surface area contributed by atoms with E-state index in [1.165, 1.54) is 0 Å². The largest absolute Gasteiger partial charge is 0.363 e. The molecule has 72 valence electrons. The van der Waals surface area contributed by atoms with Crippen molar-refractivity contribution in [1.29, 1.82) is 0 Å². The first-order valence-corrected chi connectivity index (χ1v) is 4.68. The topological polar surface area (TPSA) is 52.7 Å². The molecule has 1 rings (SSSR count). The van der Waals surface area contributed by atoms with Gasteiger partial charge in [0.1, 0.15) is 0 Å². The van der Waals surface area contributed by atoms with E-state index in [0.717, 1.165) is 12.1 Å². The highest BCUT2D eigenvalue weighted by atomic mass is 32.1. The summed E-state index contributed by atoms with van der Waals surface area (Å²) in [5, 5.41) is 13.5. The molecule has 0 aromatic carbocycles. The van der Waals surface area contributed by atoms with Gasteiger partial charge in [0.2, 0.25) is 0 Å². The van der Waals surface area contributed by atoms with E-state index in [0.29, 0.717) is 5.11 Å². The van der Waals surface area contributed by atoms with Gasteiger partial charge in [0, 0.05) is 18.3 Å². The van der Waals surface area contributed by atoms with Crippen LogP contribution in [0.5, 0.6) is 0 Å². The van der Waals surface area contributed by atoms with Crippen LogP contribution in [-0.2, 0) is 0 Å². The van der Waals surface area contributed by atoms with Gasteiger partial charge in [-0.2, -0.15) is 5.10 Å². The van der Waals surface area contributed by atoms with Gasteiger partial charge >= 0.3 is 0 Å². The SMILES string of the molecule is CCNC(=S)NC(C)c1cn[nH]c1. The van der Waals surface area contributed by atoms with Crippen molar-refractivity contribution in [2.24, 2.45) is 0 Å². The van der Waals surface area contributed by atoms with Crippen LogP contribution < -0.4 is 10.6 Å². The van der Waals surface area contributed by atoms with Gasteiger partial charge in [-0.25, -0.2) is 0 Å². The van der Waals surface area contributed by atoms with Crippen LogP contribution in [-0.4, -0.2) is 21.9 Å². The molecule has 0 spiro atoms. The Bertz CT molecular complexity index is 257. The Hall–Kier alpha value is -1.10. The summed E-state index contributed by atoms with van der Waals surface area (Å²) in [6, 6.07) is 0.185. The number of aromatic amines is 1. The molecule has 1 atom stereocenters. The summed E-state index contributed by atoms with van der Waals surface area (Å²) in [7, 11) is 0. The van der Waals surface area contributed by atoms with E-state index in [1.807, 2.05) is 20.0 Å². The molecule has 0 saturated carbocycles. The van der Waals surface area contributed by atoms with Gasteiger partial charge in [-0.15, -0.1) is 0 Å². The predicted octanol–water partition coefficient (Wildman–Crippen LogP) is 0.955. The molecule has 3 N–H and O–H groups in total. The average Bonchev–Trinajstić information content (AvgIpc) is 2.55. The standard InChI is InChI=1S/C8H14N4S/c1-3-9-8(13)12-6(2)7-4-10-11-5-7/h4-6H,3H2,1-2H3,(H,10,11)(H2,9,12,13). The highest BCUT2D eigenvalue weighted by molar-refractivity contribution is 7.80. The molecular formula is C8H14N4S. The minimum atomic E-state index is 0.185. The molecule has 0 fully saturated rings. The van der Waals surface area contributed by atoms with Crippen LogP contribution >= 0.6 is 12.2 Å². The normalized spacial score (nSPS) is 12.2. The zero-order valence-electron chi connectivity index (χ0n) is 7.79. The van der Waals surface area contributed by atoms with Gasteiger partial charge in [0.05, 0.1) is 12.2 Å². The lowest BCUT2D eigenvalue weighted by molar-refractivity contribution is 0.703. The van der Waals surface area contributed by atoms with Gasteiger partial charge in [-0.3, -0.25) is 5.10 Å². The molecule has 0 aliphatic carbocycles. The van der Waals surface area contributed by atoms with Crippen molar-refractivity contribution in [3.63, 3.8) is 0 Å². The van der Waals surface area contributed by atoms with E-state index in [-0.39, 0.29) is 6.04 Å². The Labute approximate surface area is 83.1 Å². The Balaban J connectivity index is 2.42. The summed E-state index contributed by atoms with van der Waals surface area (Å²) in [4.78, 5) is 0. The Morgan fingerprint density at radius 1 is 1.77 bits per heavy atom. The highest BCUT2D eigenvalue weighted by Gasteiger charge is 2.06. The Morgan fingerprint density at radius 2 is 2.54 bits per heavy atom. The number of hydrogen-bond donors (Lipinski definition) is 3. The molecular weight excluding hydrogens is 184 g/mol. The second-order valence-electron chi connectivity index (χ2n) is 2.76. The van der Waals surface area contributed by atoms with Crippen molar-refractivity contribution in [2.45, 2.75) is 19.9 Å². The lowest BCUT2D eigenvalue weighted by Gasteiger charge is -2.14. The van der Waals surface area contributed by atoms with Gasteiger partial charge in [0.25, 0.3) is 0 Å². The summed E-state index contributed by atoms with van der Waals surface area (Å²) in [5.41, 5.74) is 1.10. The minimum absolute atomic E-state index is 0.185. The molecule has 0 amide bonds. The number of nitrogens with zero attached hydrogens (tertiary/aromatic N) is 1.